The summed E-state index contributed by atoms with van der Waals surface area (Å²) >= 11 is 0. The molecular weight excluding hydrogens is 302 g/mol. The standard InChI is InChI=1S/C15H25N3O3S/c1-10(2)7-18-11(3)16-15(14(18)19)6-5-12-8-17(9-13(12)15)22(4,20)21/h10,12-13H,5-9H2,1-4H3/t12-,13+,15-/m1/s1. The quantitative estimate of drug-likeness (QED) is 0.775. The molecule has 2 fully saturated rings. The van der Waals surface area contributed by atoms with Gasteiger partial charge in [-0.3, -0.25) is 14.7 Å². The summed E-state index contributed by atoms with van der Waals surface area (Å²) in [4.78, 5) is 19.6. The minimum absolute atomic E-state index is 0.0295. The van der Waals surface area contributed by atoms with Crippen molar-refractivity contribution in [3.05, 3.63) is 0 Å². The third-order valence-electron chi connectivity index (χ3n) is 5.30. The van der Waals surface area contributed by atoms with Gasteiger partial charge in [-0.2, -0.15) is 0 Å². The van der Waals surface area contributed by atoms with Crippen LogP contribution in [-0.4, -0.2) is 60.8 Å². The van der Waals surface area contributed by atoms with Crippen LogP contribution in [0.2, 0.25) is 0 Å². The molecule has 1 aliphatic carbocycles. The van der Waals surface area contributed by atoms with Crippen LogP contribution in [-0.2, 0) is 14.8 Å². The van der Waals surface area contributed by atoms with Crippen molar-refractivity contribution in [1.82, 2.24) is 9.21 Å². The summed E-state index contributed by atoms with van der Waals surface area (Å²) in [6, 6.07) is 0. The van der Waals surface area contributed by atoms with Crippen molar-refractivity contribution >= 4 is 21.8 Å². The number of fused-ring (bicyclic) bond motifs is 2. The van der Waals surface area contributed by atoms with Crippen molar-refractivity contribution in [3.63, 3.8) is 0 Å². The van der Waals surface area contributed by atoms with Gasteiger partial charge in [0.05, 0.1) is 6.26 Å². The third-order valence-corrected chi connectivity index (χ3v) is 6.54. The van der Waals surface area contributed by atoms with Gasteiger partial charge in [-0.05, 0) is 31.6 Å². The number of nitrogens with zero attached hydrogens (tertiary/aromatic N) is 3. The summed E-state index contributed by atoms with van der Waals surface area (Å²) in [6.45, 7) is 7.72. The monoisotopic (exact) mass is 327 g/mol. The topological polar surface area (TPSA) is 70.0 Å². The fourth-order valence-electron chi connectivity index (χ4n) is 4.29. The second kappa shape index (κ2) is 5.03. The number of amides is 1. The van der Waals surface area contributed by atoms with E-state index in [9.17, 15) is 13.2 Å². The lowest BCUT2D eigenvalue weighted by Gasteiger charge is -2.28. The van der Waals surface area contributed by atoms with Crippen LogP contribution >= 0.6 is 0 Å². The first-order valence-electron chi connectivity index (χ1n) is 7.98. The van der Waals surface area contributed by atoms with Crippen LogP contribution in [0.15, 0.2) is 4.99 Å². The Morgan fingerprint density at radius 1 is 1.36 bits per heavy atom. The Labute approximate surface area is 132 Å². The fraction of sp³-hybridized carbons (Fsp3) is 0.867. The number of carbonyl (C=O) groups excluding carboxylic acids is 1. The maximum Gasteiger partial charge on any atom is 0.256 e. The minimum atomic E-state index is -3.19. The summed E-state index contributed by atoms with van der Waals surface area (Å²) in [5.74, 6) is 1.55. The lowest BCUT2D eigenvalue weighted by Crippen LogP contribution is -2.47. The van der Waals surface area contributed by atoms with Crippen LogP contribution in [0.5, 0.6) is 0 Å². The zero-order chi connectivity index (χ0) is 16.3. The highest BCUT2D eigenvalue weighted by atomic mass is 32.2. The van der Waals surface area contributed by atoms with Gasteiger partial charge >= 0.3 is 0 Å². The SMILES string of the molecule is CC1=N[C@@]2(CC[C@@H]3CN(S(C)(=O)=O)C[C@@H]32)C(=O)N1CC(C)C. The molecule has 0 radical (unpaired) electrons. The molecule has 1 saturated carbocycles. The maximum atomic E-state index is 13.0. The van der Waals surface area contributed by atoms with Crippen molar-refractivity contribution in [3.8, 4) is 0 Å². The van der Waals surface area contributed by atoms with E-state index in [-0.39, 0.29) is 17.7 Å². The summed E-state index contributed by atoms with van der Waals surface area (Å²) in [6.07, 6.45) is 2.89. The van der Waals surface area contributed by atoms with Gasteiger partial charge < -0.3 is 0 Å². The molecule has 0 aromatic carbocycles. The molecule has 0 aromatic heterocycles. The summed E-state index contributed by atoms with van der Waals surface area (Å²) in [5, 5.41) is 0. The molecule has 3 rings (SSSR count). The number of amidine groups is 1. The lowest BCUT2D eigenvalue weighted by atomic mass is 9.85. The van der Waals surface area contributed by atoms with Crippen LogP contribution in [0.4, 0.5) is 0 Å². The first-order chi connectivity index (χ1) is 10.1. The minimum Gasteiger partial charge on any atom is -0.298 e. The number of rotatable bonds is 3. The normalized spacial score (nSPS) is 35.8. The summed E-state index contributed by atoms with van der Waals surface area (Å²) < 4.78 is 25.2. The molecule has 2 heterocycles. The van der Waals surface area contributed by atoms with Crippen molar-refractivity contribution in [2.75, 3.05) is 25.9 Å². The first-order valence-corrected chi connectivity index (χ1v) is 9.83. The Balaban J connectivity index is 1.88. The van der Waals surface area contributed by atoms with Gasteiger partial charge in [-0.25, -0.2) is 12.7 Å². The van der Waals surface area contributed by atoms with Gasteiger partial charge in [0.15, 0.2) is 0 Å². The van der Waals surface area contributed by atoms with Gasteiger partial charge in [-0.15, -0.1) is 0 Å². The largest absolute Gasteiger partial charge is 0.298 e. The van der Waals surface area contributed by atoms with E-state index in [1.165, 1.54) is 10.6 Å². The van der Waals surface area contributed by atoms with E-state index in [0.717, 1.165) is 18.7 Å². The van der Waals surface area contributed by atoms with E-state index < -0.39 is 15.6 Å². The van der Waals surface area contributed by atoms with E-state index in [0.29, 0.717) is 25.6 Å². The van der Waals surface area contributed by atoms with E-state index in [1.54, 1.807) is 4.90 Å². The van der Waals surface area contributed by atoms with E-state index in [4.69, 9.17) is 4.99 Å². The third kappa shape index (κ3) is 2.29. The van der Waals surface area contributed by atoms with Crippen LogP contribution in [0.25, 0.3) is 0 Å². The highest BCUT2D eigenvalue weighted by Gasteiger charge is 2.61. The predicted octanol–water partition coefficient (Wildman–Crippen LogP) is 0.943. The van der Waals surface area contributed by atoms with Crippen LogP contribution in [0.1, 0.15) is 33.6 Å². The molecule has 7 heteroatoms. The molecule has 1 amide bonds. The average molecular weight is 327 g/mol. The average Bonchev–Trinajstić information content (AvgIpc) is 3.00. The zero-order valence-corrected chi connectivity index (χ0v) is 14.6. The number of hydrogen-bond donors (Lipinski definition) is 0. The van der Waals surface area contributed by atoms with Gasteiger partial charge in [0.25, 0.3) is 5.91 Å². The highest BCUT2D eigenvalue weighted by molar-refractivity contribution is 7.88. The first kappa shape index (κ1) is 15.9. The number of aliphatic imine (C=N–C) groups is 1. The predicted molar refractivity (Wildman–Crippen MR) is 85.0 cm³/mol. The summed E-state index contributed by atoms with van der Waals surface area (Å²) in [7, 11) is -3.19. The van der Waals surface area contributed by atoms with E-state index in [1.807, 2.05) is 6.92 Å². The fourth-order valence-corrected chi connectivity index (χ4v) is 5.18. The zero-order valence-electron chi connectivity index (χ0n) is 13.7. The van der Waals surface area contributed by atoms with Crippen molar-refractivity contribution in [2.45, 2.75) is 39.2 Å². The molecule has 1 spiro atoms. The molecule has 3 aliphatic rings. The molecule has 0 bridgehead atoms. The molecule has 0 unspecified atom stereocenters. The van der Waals surface area contributed by atoms with Crippen LogP contribution < -0.4 is 0 Å². The lowest BCUT2D eigenvalue weighted by molar-refractivity contribution is -0.132. The number of carbonyl (C=O) groups is 1. The Morgan fingerprint density at radius 3 is 2.64 bits per heavy atom. The van der Waals surface area contributed by atoms with Gasteiger partial charge in [0, 0.05) is 25.6 Å². The molecule has 0 aromatic rings. The smallest absolute Gasteiger partial charge is 0.256 e. The molecule has 22 heavy (non-hydrogen) atoms. The number of hydrogen-bond acceptors (Lipinski definition) is 4. The van der Waals surface area contributed by atoms with Crippen molar-refractivity contribution < 1.29 is 13.2 Å². The second-order valence-corrected chi connectivity index (χ2v) is 9.36. The molecular formula is C15H25N3O3S. The second-order valence-electron chi connectivity index (χ2n) is 7.38. The van der Waals surface area contributed by atoms with Gasteiger partial charge in [0.2, 0.25) is 10.0 Å². The molecule has 2 aliphatic heterocycles. The molecule has 0 N–H and O–H groups in total. The Kier molecular flexibility index (Phi) is 3.64. The Bertz CT molecular complexity index is 628. The van der Waals surface area contributed by atoms with Gasteiger partial charge in [0.1, 0.15) is 11.4 Å². The molecule has 3 atom stereocenters. The van der Waals surface area contributed by atoms with E-state index in [2.05, 4.69) is 13.8 Å². The highest BCUT2D eigenvalue weighted by Crippen LogP contribution is 2.50. The van der Waals surface area contributed by atoms with Crippen LogP contribution in [0, 0.1) is 17.8 Å². The molecule has 124 valence electrons. The Morgan fingerprint density at radius 2 is 2.05 bits per heavy atom. The van der Waals surface area contributed by atoms with E-state index >= 15 is 0 Å². The van der Waals surface area contributed by atoms with Gasteiger partial charge in [-0.1, -0.05) is 13.8 Å². The summed E-state index contributed by atoms with van der Waals surface area (Å²) in [5.41, 5.74) is -0.705. The number of sulfonamides is 1. The molecule has 1 saturated heterocycles. The van der Waals surface area contributed by atoms with Crippen molar-refractivity contribution in [1.29, 1.82) is 0 Å². The molecule has 6 nitrogen and oxygen atoms in total. The van der Waals surface area contributed by atoms with Crippen LogP contribution in [0.3, 0.4) is 0 Å². The Hall–Kier alpha value is -0.950. The maximum absolute atomic E-state index is 13.0. The van der Waals surface area contributed by atoms with Crippen molar-refractivity contribution in [2.24, 2.45) is 22.7 Å².